The minimum atomic E-state index is -4.57. The minimum Gasteiger partial charge on any atom is -0.459 e. The van der Waals surface area contributed by atoms with Crippen LogP contribution >= 0.6 is 0 Å². The second kappa shape index (κ2) is 25.0. The lowest BCUT2D eigenvalue weighted by atomic mass is 9.75. The molecule has 0 bridgehead atoms. The fourth-order valence-corrected chi connectivity index (χ4v) is 11.3. The fraction of sp³-hybridized carbons (Fsp3) is 0.846. The Balaban J connectivity index is 1.83. The molecule has 3 saturated heterocycles. The Morgan fingerprint density at radius 1 is 0.931 bits per heavy atom. The maximum absolute atomic E-state index is 14.7. The molecule has 1 aromatic rings. The Hall–Kier alpha value is -2.73. The number of rotatable bonds is 14. The quantitative estimate of drug-likeness (QED) is 0.0976. The fourth-order valence-electron chi connectivity index (χ4n) is 11.3. The maximum atomic E-state index is 14.7. The number of aliphatic hydroxyl groups excluding tert-OH is 2. The van der Waals surface area contributed by atoms with E-state index in [1.807, 2.05) is 25.7 Å². The summed E-state index contributed by atoms with van der Waals surface area (Å²) in [5.74, 6) is -3.21. The van der Waals surface area contributed by atoms with E-state index in [2.05, 4.69) is 5.32 Å². The number of esters is 1. The number of cyclic esters (lactones) is 1. The van der Waals surface area contributed by atoms with Crippen molar-refractivity contribution in [3.8, 4) is 0 Å². The first kappa shape index (κ1) is 61.8. The Kier molecular flexibility index (Phi) is 21.4. The summed E-state index contributed by atoms with van der Waals surface area (Å²) in [5, 5.41) is 64.6. The lowest BCUT2D eigenvalue weighted by Crippen LogP contribution is -2.70. The van der Waals surface area contributed by atoms with Crippen LogP contribution in [0, 0.1) is 17.8 Å². The summed E-state index contributed by atoms with van der Waals surface area (Å²) < 4.78 is 78.9. The number of hydrogen-bond acceptors (Lipinski definition) is 15. The van der Waals surface area contributed by atoms with E-state index < -0.39 is 125 Å². The largest absolute Gasteiger partial charge is 0.459 e. The summed E-state index contributed by atoms with van der Waals surface area (Å²) in [6, 6.07) is 1.94. The van der Waals surface area contributed by atoms with Crippen LogP contribution < -0.4 is 10.2 Å². The molecule has 2 amide bonds. The number of likely N-dealkylation sites (N-methyl/N-ethyl adjacent to an activating group) is 1. The molecule has 0 radical (unpaired) electrons. The average molecular weight is 1040 g/mol. The summed E-state index contributed by atoms with van der Waals surface area (Å²) in [6.45, 7) is 22.8. The molecule has 0 spiro atoms. The highest BCUT2D eigenvalue weighted by Gasteiger charge is 2.58. The molecule has 416 valence electrons. The highest BCUT2D eigenvalue weighted by atomic mass is 19.4. The summed E-state index contributed by atoms with van der Waals surface area (Å²) in [5.41, 5.74) is -7.13. The first-order valence-electron chi connectivity index (χ1n) is 25.9. The Bertz CT molecular complexity index is 1880. The van der Waals surface area contributed by atoms with Gasteiger partial charge < -0.3 is 64.2 Å². The molecule has 20 heteroatoms. The first-order valence-corrected chi connectivity index (χ1v) is 25.9. The number of urea groups is 1. The van der Waals surface area contributed by atoms with Gasteiger partial charge in [0.15, 0.2) is 12.6 Å². The molecule has 3 fully saturated rings. The highest BCUT2D eigenvalue weighted by molar-refractivity contribution is 5.91. The van der Waals surface area contributed by atoms with E-state index in [0.29, 0.717) is 26.1 Å². The van der Waals surface area contributed by atoms with Gasteiger partial charge in [0.05, 0.1) is 47.5 Å². The monoisotopic (exact) mass is 1030 g/mol. The number of nitrogens with one attached hydrogen (secondary N) is 1. The topological polar surface area (TPSA) is 212 Å². The van der Waals surface area contributed by atoms with Gasteiger partial charge in [-0.25, -0.2) is 4.79 Å². The Morgan fingerprint density at radius 2 is 1.56 bits per heavy atom. The zero-order valence-electron chi connectivity index (χ0n) is 45.4. The van der Waals surface area contributed by atoms with Crippen molar-refractivity contribution in [2.45, 2.75) is 218 Å². The molecular weight excluding hydrogens is 946 g/mol. The smallest absolute Gasteiger partial charge is 0.416 e. The average Bonchev–Trinajstić information content (AvgIpc) is 3.31. The summed E-state index contributed by atoms with van der Waals surface area (Å²) in [6.07, 6.45) is -13.3. The van der Waals surface area contributed by atoms with Gasteiger partial charge >= 0.3 is 18.2 Å². The molecule has 4 rings (SSSR count). The Labute approximate surface area is 426 Å². The van der Waals surface area contributed by atoms with Crippen LogP contribution in [0.25, 0.3) is 0 Å². The number of alkyl halides is 3. The molecule has 72 heavy (non-hydrogen) atoms. The van der Waals surface area contributed by atoms with Crippen molar-refractivity contribution >= 4 is 17.7 Å². The first-order chi connectivity index (χ1) is 33.3. The number of carbonyl (C=O) groups excluding carboxylic acids is 2. The molecule has 17 nitrogen and oxygen atoms in total. The van der Waals surface area contributed by atoms with Gasteiger partial charge in [-0.3, -0.25) is 14.6 Å². The molecule has 0 aromatic heterocycles. The molecule has 18 atom stereocenters. The van der Waals surface area contributed by atoms with Crippen LogP contribution in [0.3, 0.4) is 0 Å². The summed E-state index contributed by atoms with van der Waals surface area (Å²) in [7, 11) is 4.37. The van der Waals surface area contributed by atoms with Crippen molar-refractivity contribution in [3.63, 3.8) is 0 Å². The van der Waals surface area contributed by atoms with Crippen LogP contribution in [0.4, 0.5) is 23.7 Å². The molecule has 6 N–H and O–H groups in total. The highest BCUT2D eigenvalue weighted by Crippen LogP contribution is 2.44. The van der Waals surface area contributed by atoms with E-state index in [9.17, 15) is 48.3 Å². The van der Waals surface area contributed by atoms with Crippen LogP contribution in [-0.4, -0.2) is 185 Å². The third-order valence-corrected chi connectivity index (χ3v) is 15.8. The van der Waals surface area contributed by atoms with E-state index in [1.54, 1.807) is 55.4 Å². The van der Waals surface area contributed by atoms with Crippen LogP contribution in [0.2, 0.25) is 0 Å². The molecular formula is C52H89F3N4O13. The number of aliphatic hydroxyl groups is 5. The van der Waals surface area contributed by atoms with E-state index in [-0.39, 0.29) is 43.8 Å². The number of ether oxygens (including phenoxy) is 6. The van der Waals surface area contributed by atoms with Crippen LogP contribution in [-0.2, 0) is 39.4 Å². The molecule has 0 aliphatic carbocycles. The van der Waals surface area contributed by atoms with Crippen molar-refractivity contribution in [3.05, 3.63) is 29.8 Å². The number of carbonyl (C=O) groups is 2. The standard InChI is InChI=1S/C52H89F3N4O13/c1-16-23-56-29-51(66)35(9)69-40(27-49(51,11)67-15)71-42-32(6)44(48(10,64)26-30(4)28-59(24-17-2)34(8)43(61)50(12,65)39(18-3)70-45(62)33(42)7)72-46-41(60)38(25-31(5)68-46)58(14)47(63)57(13)37-21-19-36(20-22-37)52(53,54)55/h19-22,30-35,38-44,46,56,60-61,64-66H,16-18,23-29H2,1-15H3/t30-,31-,32+,33-,34-,35+,38+,39-,40+,41-,42+,43-,44-,46+,48-,49-,50-,51+/m1/s1. The van der Waals surface area contributed by atoms with E-state index in [0.717, 1.165) is 18.6 Å². The van der Waals surface area contributed by atoms with Gasteiger partial charge in [-0.1, -0.05) is 34.6 Å². The molecule has 0 unspecified atom stereocenters. The number of benzene rings is 1. The Morgan fingerprint density at radius 3 is 2.11 bits per heavy atom. The van der Waals surface area contributed by atoms with E-state index >= 15 is 0 Å². The number of hydrogen-bond donors (Lipinski definition) is 6. The van der Waals surface area contributed by atoms with Crippen LogP contribution in [0.5, 0.6) is 0 Å². The molecule has 3 aliphatic heterocycles. The second-order valence-corrected chi connectivity index (χ2v) is 21.8. The lowest BCUT2D eigenvalue weighted by Gasteiger charge is -2.53. The van der Waals surface area contributed by atoms with Gasteiger partial charge in [0.2, 0.25) is 0 Å². The lowest BCUT2D eigenvalue weighted by molar-refractivity contribution is -0.336. The van der Waals surface area contributed by atoms with Gasteiger partial charge in [0.1, 0.15) is 35.1 Å². The number of amides is 2. The predicted octanol–water partition coefficient (Wildman–Crippen LogP) is 5.70. The zero-order valence-corrected chi connectivity index (χ0v) is 45.4. The third-order valence-electron chi connectivity index (χ3n) is 15.8. The minimum absolute atomic E-state index is 0.00332. The van der Waals surface area contributed by atoms with Crippen molar-refractivity contribution in [1.29, 1.82) is 0 Å². The van der Waals surface area contributed by atoms with E-state index in [1.165, 1.54) is 50.1 Å². The number of methoxy groups -OCH3 is 1. The molecule has 1 aromatic carbocycles. The predicted molar refractivity (Wildman–Crippen MR) is 265 cm³/mol. The summed E-state index contributed by atoms with van der Waals surface area (Å²) in [4.78, 5) is 33.2. The van der Waals surface area contributed by atoms with Gasteiger partial charge in [0.25, 0.3) is 0 Å². The number of halogens is 3. The van der Waals surface area contributed by atoms with Crippen molar-refractivity contribution in [1.82, 2.24) is 15.1 Å². The van der Waals surface area contributed by atoms with Crippen LogP contribution in [0.15, 0.2) is 24.3 Å². The zero-order chi connectivity index (χ0) is 54.5. The normalized spacial score (nSPS) is 40.2. The van der Waals surface area contributed by atoms with Gasteiger partial charge in [-0.15, -0.1) is 0 Å². The summed E-state index contributed by atoms with van der Waals surface area (Å²) >= 11 is 0. The van der Waals surface area contributed by atoms with E-state index in [4.69, 9.17) is 28.4 Å². The third kappa shape index (κ3) is 13.8. The van der Waals surface area contributed by atoms with Crippen molar-refractivity contribution in [2.75, 3.05) is 52.3 Å². The van der Waals surface area contributed by atoms with Gasteiger partial charge in [-0.05, 0) is 124 Å². The second-order valence-electron chi connectivity index (χ2n) is 21.8. The molecule has 3 aliphatic rings. The van der Waals surface area contributed by atoms with Gasteiger partial charge in [0, 0.05) is 58.4 Å². The number of nitrogens with zero attached hydrogens (tertiary/aromatic N) is 3. The molecule has 3 heterocycles. The SMILES string of the molecule is CCCNC[C@]1(O)[C@H](C)O[C@@H](O[C@H]2[C@H](C)[C@@H](O[C@@H]3O[C@H](C)C[C@H](N(C)C(=O)N(C)c4ccc(C(F)(F)F)cc4)[C@H]3O)[C@](C)(O)C[C@@H](C)CN(CCC)[C@H](C)[C@@H](O)[C@](C)(O)[C@@H](CC)OC(=O)[C@@H]2C)C[C@@]1(C)OC. The number of anilines is 1. The maximum Gasteiger partial charge on any atom is 0.416 e. The van der Waals surface area contributed by atoms with Crippen molar-refractivity contribution in [2.24, 2.45) is 17.8 Å². The van der Waals surface area contributed by atoms with Crippen molar-refractivity contribution < 1.29 is 76.7 Å². The van der Waals surface area contributed by atoms with Crippen LogP contribution in [0.1, 0.15) is 127 Å². The van der Waals surface area contributed by atoms with Gasteiger partial charge in [-0.2, -0.15) is 13.2 Å². The molecule has 0 saturated carbocycles.